The average Bonchev–Trinajstić information content (AvgIpc) is 2.98. The molecule has 5 rings (SSSR count). The molecule has 0 aromatic heterocycles. The molecule has 196 valence electrons. The molecule has 4 nitrogen and oxygen atoms in total. The van der Waals surface area contributed by atoms with Gasteiger partial charge in [-0.2, -0.15) is 146 Å². The van der Waals surface area contributed by atoms with E-state index in [9.17, 15) is 0 Å². The van der Waals surface area contributed by atoms with Gasteiger partial charge in [-0.05, 0) is 13.1 Å². The number of nitrogens with zero attached hydrogens (tertiary/aromatic N) is 1. The van der Waals surface area contributed by atoms with Gasteiger partial charge in [0.2, 0.25) is 0 Å². The van der Waals surface area contributed by atoms with Crippen LogP contribution in [-0.4, -0.2) is 52.4 Å². The molecular weight excluding hydrogens is 488 g/mol. The molecule has 4 aromatic rings. The van der Waals surface area contributed by atoms with Gasteiger partial charge in [-0.3, -0.25) is 0 Å². The fourth-order valence-corrected chi connectivity index (χ4v) is 2.52. The first-order chi connectivity index (χ1) is 18.0. The Labute approximate surface area is 240 Å². The third-order valence-corrected chi connectivity index (χ3v) is 4.28. The van der Waals surface area contributed by atoms with E-state index in [0.717, 1.165) is 52.4 Å². The van der Waals surface area contributed by atoms with E-state index in [-0.39, 0.29) is 21.7 Å². The Kier molecular flexibility index (Phi) is 29.3. The van der Waals surface area contributed by atoms with Gasteiger partial charge in [-0.1, -0.05) is 0 Å². The molecule has 0 aliphatic carbocycles. The minimum atomic E-state index is 0. The monoisotopic (exact) mass is 527 g/mol. The minimum Gasteiger partial charge on any atom is -0.660 e. The van der Waals surface area contributed by atoms with Crippen LogP contribution in [0.3, 0.4) is 0 Å². The van der Waals surface area contributed by atoms with Crippen LogP contribution in [0.15, 0.2) is 121 Å². The normalized spacial score (nSPS) is 13.0. The maximum absolute atomic E-state index is 4.36. The summed E-state index contributed by atoms with van der Waals surface area (Å²) in [6.45, 7) is 8.14. The van der Waals surface area contributed by atoms with Gasteiger partial charge in [-0.15, -0.1) is 13.1 Å². The van der Waals surface area contributed by atoms with Crippen molar-refractivity contribution in [2.45, 2.75) is 0 Å². The topological polar surface area (TPSA) is 50.2 Å². The van der Waals surface area contributed by atoms with Crippen LogP contribution < -0.4 is 16.0 Å². The van der Waals surface area contributed by atoms with Crippen LogP contribution in [0.25, 0.3) is 5.32 Å². The molecule has 1 fully saturated rings. The Morgan fingerprint density at radius 1 is 0.351 bits per heavy atom. The summed E-state index contributed by atoms with van der Waals surface area (Å²) in [5, 5.41) is 14.4. The molecule has 0 atom stereocenters. The summed E-state index contributed by atoms with van der Waals surface area (Å²) >= 11 is 0. The van der Waals surface area contributed by atoms with Gasteiger partial charge in [0.25, 0.3) is 0 Å². The van der Waals surface area contributed by atoms with Crippen molar-refractivity contribution < 1.29 is 21.7 Å². The second-order valence-corrected chi connectivity index (χ2v) is 7.23. The molecular formula is C32H39N4Ti-5. The van der Waals surface area contributed by atoms with Crippen LogP contribution in [0, 0.1) is 24.3 Å². The van der Waals surface area contributed by atoms with Gasteiger partial charge >= 0.3 is 0 Å². The van der Waals surface area contributed by atoms with Crippen molar-refractivity contribution in [1.82, 2.24) is 16.0 Å². The molecule has 3 N–H and O–H groups in total. The molecule has 0 bridgehead atoms. The molecule has 1 aliphatic heterocycles. The summed E-state index contributed by atoms with van der Waals surface area (Å²) in [5.41, 5.74) is 0. The van der Waals surface area contributed by atoms with Crippen LogP contribution in [0.2, 0.25) is 0 Å². The Balaban J connectivity index is 0.000000452. The third-order valence-electron chi connectivity index (χ3n) is 4.28. The Bertz CT molecular complexity index is 577. The van der Waals surface area contributed by atoms with Crippen LogP contribution in [-0.2, 0) is 21.7 Å². The first-order valence-corrected chi connectivity index (χ1v) is 12.4. The molecule has 0 saturated carbocycles. The van der Waals surface area contributed by atoms with Crippen LogP contribution in [0.4, 0.5) is 0 Å². The van der Waals surface area contributed by atoms with Crippen LogP contribution >= 0.6 is 0 Å². The molecule has 0 radical (unpaired) electrons. The first-order valence-electron chi connectivity index (χ1n) is 12.4. The van der Waals surface area contributed by atoms with E-state index in [1.54, 1.807) is 0 Å². The Morgan fingerprint density at radius 2 is 0.595 bits per heavy atom. The standard InChI is InChI=1S/C8H19N4.4C6H5.Ti/c1-2-10-5-6-12-8-7-11-4-3-9-1;4*1-2-4-6-5-3-1;/h9-11H,1-8H2;4*1-5H;/q5*-1;. The molecule has 5 heteroatoms. The number of benzene rings is 4. The molecule has 1 heterocycles. The van der Waals surface area contributed by atoms with E-state index in [1.165, 1.54) is 0 Å². The van der Waals surface area contributed by atoms with E-state index in [1.807, 2.05) is 121 Å². The van der Waals surface area contributed by atoms with Gasteiger partial charge in [0.05, 0.1) is 0 Å². The Hall–Kier alpha value is -2.57. The number of hydrogen-bond donors (Lipinski definition) is 3. The second kappa shape index (κ2) is 31.5. The summed E-state index contributed by atoms with van der Waals surface area (Å²) in [6.07, 6.45) is 0. The van der Waals surface area contributed by atoms with E-state index in [2.05, 4.69) is 45.5 Å². The van der Waals surface area contributed by atoms with Crippen molar-refractivity contribution in [2.75, 3.05) is 52.4 Å². The maximum atomic E-state index is 4.36. The first kappa shape index (κ1) is 34.4. The molecule has 4 aromatic carbocycles. The van der Waals surface area contributed by atoms with Gasteiger partial charge in [0.1, 0.15) is 0 Å². The third kappa shape index (κ3) is 29.6. The predicted molar refractivity (Wildman–Crippen MR) is 153 cm³/mol. The average molecular weight is 528 g/mol. The molecule has 1 aliphatic rings. The Morgan fingerprint density at radius 3 is 0.784 bits per heavy atom. The summed E-state index contributed by atoms with van der Waals surface area (Å²) in [6, 6.07) is 50.0. The van der Waals surface area contributed by atoms with Gasteiger partial charge in [-0.25, -0.2) is 0 Å². The van der Waals surface area contributed by atoms with Crippen LogP contribution in [0.5, 0.6) is 0 Å². The van der Waals surface area contributed by atoms with E-state index >= 15 is 0 Å². The van der Waals surface area contributed by atoms with Crippen molar-refractivity contribution in [2.24, 2.45) is 0 Å². The van der Waals surface area contributed by atoms with Crippen LogP contribution in [0.1, 0.15) is 0 Å². The van der Waals surface area contributed by atoms with Gasteiger partial charge in [0, 0.05) is 47.9 Å². The zero-order valence-electron chi connectivity index (χ0n) is 21.7. The van der Waals surface area contributed by atoms with E-state index in [4.69, 9.17) is 0 Å². The number of nitrogens with one attached hydrogen (secondary N) is 3. The smallest absolute Gasteiger partial charge is 0.00772 e. The number of rotatable bonds is 0. The maximum Gasteiger partial charge on any atom is 0.00772 e. The fraction of sp³-hybridized carbons (Fsp3) is 0.250. The largest absolute Gasteiger partial charge is 0.660 e. The van der Waals surface area contributed by atoms with Crippen molar-refractivity contribution in [3.8, 4) is 0 Å². The predicted octanol–water partition coefficient (Wildman–Crippen LogP) is 5.09. The summed E-state index contributed by atoms with van der Waals surface area (Å²) < 4.78 is 0. The minimum absolute atomic E-state index is 0. The summed E-state index contributed by atoms with van der Waals surface area (Å²) in [4.78, 5) is 0. The molecule has 1 saturated heterocycles. The fourth-order valence-electron chi connectivity index (χ4n) is 2.52. The van der Waals surface area contributed by atoms with Gasteiger partial charge in [0.15, 0.2) is 0 Å². The molecule has 0 unspecified atom stereocenters. The summed E-state index contributed by atoms with van der Waals surface area (Å²) in [7, 11) is 0. The van der Waals surface area contributed by atoms with E-state index in [0.29, 0.717) is 0 Å². The zero-order valence-corrected chi connectivity index (χ0v) is 23.2. The SMILES string of the molecule is C1CNCCNCCNCC[N-]1.[Ti].[c-]1ccccc1.[c-]1ccccc1.[c-]1ccccc1.[c-]1ccccc1. The number of hydrogen-bond acceptors (Lipinski definition) is 3. The molecule has 0 amide bonds. The second-order valence-electron chi connectivity index (χ2n) is 7.23. The van der Waals surface area contributed by atoms with Crippen molar-refractivity contribution in [1.29, 1.82) is 0 Å². The zero-order chi connectivity index (χ0) is 25.5. The molecule has 0 spiro atoms. The van der Waals surface area contributed by atoms with Crippen molar-refractivity contribution >= 4 is 0 Å². The van der Waals surface area contributed by atoms with Gasteiger partial charge < -0.3 is 21.3 Å². The van der Waals surface area contributed by atoms with Crippen molar-refractivity contribution in [3.05, 3.63) is 151 Å². The quantitative estimate of drug-likeness (QED) is 0.221. The van der Waals surface area contributed by atoms with Crippen molar-refractivity contribution in [3.63, 3.8) is 0 Å². The molecule has 37 heavy (non-hydrogen) atoms. The van der Waals surface area contributed by atoms with E-state index < -0.39 is 0 Å². The summed E-state index contributed by atoms with van der Waals surface area (Å²) in [5.74, 6) is 0.